The van der Waals surface area contributed by atoms with Crippen LogP contribution in [0.15, 0.2) is 31.0 Å². The van der Waals surface area contributed by atoms with Gasteiger partial charge in [0, 0.05) is 19.2 Å². The number of rotatable bonds is 13. The molecule has 6 heteroatoms. The lowest BCUT2D eigenvalue weighted by Crippen LogP contribution is -2.37. The Bertz CT molecular complexity index is 546. The van der Waals surface area contributed by atoms with Crippen molar-refractivity contribution < 1.29 is 9.59 Å². The van der Waals surface area contributed by atoms with Crippen molar-refractivity contribution in [3.05, 3.63) is 36.7 Å². The highest BCUT2D eigenvalue weighted by atomic mass is 16.2. The molecule has 6 nitrogen and oxygen atoms in total. The molecule has 1 heterocycles. The molecule has 0 saturated carbocycles. The van der Waals surface area contributed by atoms with E-state index in [1.54, 1.807) is 6.20 Å². The van der Waals surface area contributed by atoms with Gasteiger partial charge >= 0.3 is 0 Å². The van der Waals surface area contributed by atoms with Gasteiger partial charge in [-0.3, -0.25) is 20.0 Å². The summed E-state index contributed by atoms with van der Waals surface area (Å²) in [5.41, 5.74) is 7.24. The Morgan fingerprint density at radius 3 is 2.72 bits per heavy atom. The van der Waals surface area contributed by atoms with E-state index in [4.69, 9.17) is 0 Å². The second-order valence-electron chi connectivity index (χ2n) is 5.93. The summed E-state index contributed by atoms with van der Waals surface area (Å²) >= 11 is 0. The molecule has 0 spiro atoms. The maximum atomic E-state index is 11.5. The topological polar surface area (TPSA) is 83.1 Å². The molecule has 0 aliphatic rings. The van der Waals surface area contributed by atoms with Gasteiger partial charge in [0.2, 0.25) is 11.8 Å². The molecule has 0 fully saturated rings. The molecular formula is C19H30N4O2. The third kappa shape index (κ3) is 9.62. The third-order valence-electron chi connectivity index (χ3n) is 3.75. The smallest absolute Gasteiger partial charge is 0.247 e. The van der Waals surface area contributed by atoms with Crippen LogP contribution in [0.5, 0.6) is 0 Å². The van der Waals surface area contributed by atoms with Crippen molar-refractivity contribution in [1.82, 2.24) is 15.8 Å². The fourth-order valence-corrected chi connectivity index (χ4v) is 2.39. The summed E-state index contributed by atoms with van der Waals surface area (Å²) in [7, 11) is 0. The van der Waals surface area contributed by atoms with E-state index in [1.165, 1.54) is 6.08 Å². The minimum Gasteiger partial charge on any atom is -0.321 e. The van der Waals surface area contributed by atoms with E-state index < -0.39 is 0 Å². The number of aryl methyl sites for hydroxylation is 1. The van der Waals surface area contributed by atoms with Gasteiger partial charge in [0.05, 0.1) is 11.4 Å². The molecule has 0 aromatic carbocycles. The summed E-state index contributed by atoms with van der Waals surface area (Å²) < 4.78 is 0. The predicted octanol–water partition coefficient (Wildman–Crippen LogP) is 3.12. The standard InChI is InChI=1S/C19H30N4O2/c1-3-14-21-23-19(25)13-9-7-5-6-8-11-16-17(12-10-15-20-16)22-18(24)4-2/h4,10,12,15,21H,2-3,5-9,11,13-14H2,1H3,(H,22,24)(H,23,25). The van der Waals surface area contributed by atoms with Crippen molar-refractivity contribution in [2.24, 2.45) is 0 Å². The highest BCUT2D eigenvalue weighted by Gasteiger charge is 2.05. The molecule has 2 amide bonds. The van der Waals surface area contributed by atoms with E-state index in [0.717, 1.165) is 62.9 Å². The Morgan fingerprint density at radius 2 is 1.96 bits per heavy atom. The zero-order valence-corrected chi connectivity index (χ0v) is 15.1. The van der Waals surface area contributed by atoms with Crippen LogP contribution in [-0.2, 0) is 16.0 Å². The maximum Gasteiger partial charge on any atom is 0.247 e. The molecule has 0 aliphatic carbocycles. The summed E-state index contributed by atoms with van der Waals surface area (Å²) in [5.74, 6) is -0.162. The minimum atomic E-state index is -0.221. The molecule has 0 radical (unpaired) electrons. The van der Waals surface area contributed by atoms with Gasteiger partial charge in [-0.05, 0) is 43.9 Å². The van der Waals surface area contributed by atoms with Crippen molar-refractivity contribution in [1.29, 1.82) is 0 Å². The Hall–Kier alpha value is -2.21. The van der Waals surface area contributed by atoms with Crippen molar-refractivity contribution in [2.45, 2.75) is 58.3 Å². The Morgan fingerprint density at radius 1 is 1.20 bits per heavy atom. The number of hydrogen-bond donors (Lipinski definition) is 3. The first-order chi connectivity index (χ1) is 12.2. The highest BCUT2D eigenvalue weighted by Crippen LogP contribution is 2.16. The number of nitrogens with zero attached hydrogens (tertiary/aromatic N) is 1. The minimum absolute atomic E-state index is 0.0598. The number of anilines is 1. The normalized spacial score (nSPS) is 10.3. The summed E-state index contributed by atoms with van der Waals surface area (Å²) in [5, 5.41) is 2.78. The van der Waals surface area contributed by atoms with Crippen molar-refractivity contribution in [3.8, 4) is 0 Å². The molecule has 25 heavy (non-hydrogen) atoms. The highest BCUT2D eigenvalue weighted by molar-refractivity contribution is 5.99. The van der Waals surface area contributed by atoms with E-state index in [9.17, 15) is 9.59 Å². The molecule has 1 rings (SSSR count). The molecule has 138 valence electrons. The SMILES string of the molecule is C=CC(=O)Nc1cccnc1CCCCCCCC(=O)NNCCC. The first-order valence-electron chi connectivity index (χ1n) is 9.06. The predicted molar refractivity (Wildman–Crippen MR) is 101 cm³/mol. The lowest BCUT2D eigenvalue weighted by Gasteiger charge is -2.09. The van der Waals surface area contributed by atoms with Crippen LogP contribution in [0.2, 0.25) is 0 Å². The Balaban J connectivity index is 2.15. The number of carbonyl (C=O) groups is 2. The average Bonchev–Trinajstić information content (AvgIpc) is 2.62. The van der Waals surface area contributed by atoms with Crippen molar-refractivity contribution >= 4 is 17.5 Å². The molecule has 1 aromatic heterocycles. The van der Waals surface area contributed by atoms with Gasteiger partial charge in [-0.2, -0.15) is 0 Å². The first kappa shape index (κ1) is 20.8. The van der Waals surface area contributed by atoms with Crippen LogP contribution in [0.3, 0.4) is 0 Å². The van der Waals surface area contributed by atoms with Gasteiger partial charge in [-0.25, -0.2) is 5.43 Å². The van der Waals surface area contributed by atoms with Crippen LogP contribution < -0.4 is 16.2 Å². The summed E-state index contributed by atoms with van der Waals surface area (Å²) in [4.78, 5) is 27.3. The first-order valence-corrected chi connectivity index (χ1v) is 9.06. The van der Waals surface area contributed by atoms with Crippen LogP contribution in [0.1, 0.15) is 57.6 Å². The van der Waals surface area contributed by atoms with Gasteiger partial charge in [0.15, 0.2) is 0 Å². The van der Waals surface area contributed by atoms with E-state index in [0.29, 0.717) is 6.42 Å². The van der Waals surface area contributed by atoms with Gasteiger partial charge in [-0.1, -0.05) is 32.8 Å². The number of unbranched alkanes of at least 4 members (excludes halogenated alkanes) is 4. The molecule has 3 N–H and O–H groups in total. The van der Waals surface area contributed by atoms with E-state index in [1.807, 2.05) is 12.1 Å². The van der Waals surface area contributed by atoms with E-state index in [2.05, 4.69) is 34.7 Å². The summed E-state index contributed by atoms with van der Waals surface area (Å²) in [6, 6.07) is 3.66. The van der Waals surface area contributed by atoms with Crippen LogP contribution in [0, 0.1) is 0 Å². The lowest BCUT2D eigenvalue weighted by molar-refractivity contribution is -0.122. The average molecular weight is 346 g/mol. The second kappa shape index (κ2) is 13.1. The molecular weight excluding hydrogens is 316 g/mol. The third-order valence-corrected chi connectivity index (χ3v) is 3.75. The number of amides is 2. The number of nitrogens with one attached hydrogen (secondary N) is 3. The second-order valence-corrected chi connectivity index (χ2v) is 5.93. The van der Waals surface area contributed by atoms with Crippen LogP contribution >= 0.6 is 0 Å². The number of carbonyl (C=O) groups excluding carboxylic acids is 2. The number of hydrogen-bond acceptors (Lipinski definition) is 4. The quantitative estimate of drug-likeness (QED) is 0.291. The largest absolute Gasteiger partial charge is 0.321 e. The monoisotopic (exact) mass is 346 g/mol. The number of aromatic nitrogens is 1. The fourth-order valence-electron chi connectivity index (χ4n) is 2.39. The van der Waals surface area contributed by atoms with Gasteiger partial charge in [-0.15, -0.1) is 0 Å². The fraction of sp³-hybridized carbons (Fsp3) is 0.526. The van der Waals surface area contributed by atoms with Crippen LogP contribution in [0.25, 0.3) is 0 Å². The van der Waals surface area contributed by atoms with Gasteiger partial charge < -0.3 is 5.32 Å². The zero-order valence-electron chi connectivity index (χ0n) is 15.1. The van der Waals surface area contributed by atoms with E-state index in [-0.39, 0.29) is 11.8 Å². The Kier molecular flexibility index (Phi) is 10.9. The molecule has 0 unspecified atom stereocenters. The number of pyridine rings is 1. The molecule has 0 aliphatic heterocycles. The molecule has 0 atom stereocenters. The summed E-state index contributed by atoms with van der Waals surface area (Å²) in [6.07, 6.45) is 10.5. The summed E-state index contributed by atoms with van der Waals surface area (Å²) in [6.45, 7) is 6.31. The van der Waals surface area contributed by atoms with Crippen molar-refractivity contribution in [2.75, 3.05) is 11.9 Å². The molecule has 0 saturated heterocycles. The van der Waals surface area contributed by atoms with Gasteiger partial charge in [0.1, 0.15) is 0 Å². The van der Waals surface area contributed by atoms with Crippen LogP contribution in [0.4, 0.5) is 5.69 Å². The lowest BCUT2D eigenvalue weighted by atomic mass is 10.1. The Labute approximate surface area is 150 Å². The van der Waals surface area contributed by atoms with Gasteiger partial charge in [0.25, 0.3) is 0 Å². The zero-order chi connectivity index (χ0) is 18.3. The molecule has 1 aromatic rings. The van der Waals surface area contributed by atoms with E-state index >= 15 is 0 Å². The molecule has 0 bridgehead atoms. The maximum absolute atomic E-state index is 11.5. The van der Waals surface area contributed by atoms with Crippen LogP contribution in [-0.4, -0.2) is 23.3 Å². The van der Waals surface area contributed by atoms with Crippen molar-refractivity contribution in [3.63, 3.8) is 0 Å². The number of hydrazine groups is 1.